The van der Waals surface area contributed by atoms with Gasteiger partial charge in [0.15, 0.2) is 0 Å². The van der Waals surface area contributed by atoms with Crippen LogP contribution in [0.15, 0.2) is 18.3 Å². The van der Waals surface area contributed by atoms with Gasteiger partial charge < -0.3 is 14.8 Å². The highest BCUT2D eigenvalue weighted by molar-refractivity contribution is 5.25. The van der Waals surface area contributed by atoms with Crippen molar-refractivity contribution in [2.24, 2.45) is 0 Å². The molecule has 1 aromatic heterocycles. The summed E-state index contributed by atoms with van der Waals surface area (Å²) >= 11 is 0. The lowest BCUT2D eigenvalue weighted by atomic mass is 10.0. The summed E-state index contributed by atoms with van der Waals surface area (Å²) in [7, 11) is 0. The fraction of sp³-hybridized carbons (Fsp3) is 0.688. The second kappa shape index (κ2) is 6.10. The molecule has 2 aliphatic rings. The molecule has 2 atom stereocenters. The van der Waals surface area contributed by atoms with Crippen molar-refractivity contribution in [2.45, 2.75) is 70.4 Å². The molecular formula is C16H24N2O2. The van der Waals surface area contributed by atoms with E-state index in [9.17, 15) is 0 Å². The molecule has 2 heterocycles. The lowest BCUT2D eigenvalue weighted by Crippen LogP contribution is -2.36. The molecule has 0 spiro atoms. The minimum absolute atomic E-state index is 0.211. The van der Waals surface area contributed by atoms with Gasteiger partial charge in [-0.3, -0.25) is 0 Å². The maximum Gasteiger partial charge on any atom is 0.218 e. The summed E-state index contributed by atoms with van der Waals surface area (Å²) in [5.41, 5.74) is 1.16. The normalized spacial score (nSPS) is 30.2. The minimum Gasteiger partial charge on any atom is -0.474 e. The van der Waals surface area contributed by atoms with Crippen LogP contribution in [0.1, 0.15) is 45.1 Å². The molecule has 0 bridgehead atoms. The third kappa shape index (κ3) is 3.70. The highest BCUT2D eigenvalue weighted by Gasteiger charge is 2.27. The Balaban J connectivity index is 1.63. The SMILES string of the molecule is CC1CC(Oc2ncccc2CNC2CC2)CC(C)O1. The van der Waals surface area contributed by atoms with E-state index in [-0.39, 0.29) is 18.3 Å². The van der Waals surface area contributed by atoms with E-state index in [1.54, 1.807) is 0 Å². The molecule has 1 aliphatic heterocycles. The predicted octanol–water partition coefficient (Wildman–Crippen LogP) is 2.67. The molecule has 1 aliphatic carbocycles. The van der Waals surface area contributed by atoms with Crippen LogP contribution in [0.4, 0.5) is 0 Å². The summed E-state index contributed by atoms with van der Waals surface area (Å²) in [4.78, 5) is 4.42. The highest BCUT2D eigenvalue weighted by Crippen LogP contribution is 2.26. The second-order valence-corrected chi connectivity index (χ2v) is 6.09. The monoisotopic (exact) mass is 276 g/mol. The Hall–Kier alpha value is -1.13. The van der Waals surface area contributed by atoms with E-state index >= 15 is 0 Å². The van der Waals surface area contributed by atoms with Gasteiger partial charge in [0.25, 0.3) is 0 Å². The molecule has 20 heavy (non-hydrogen) atoms. The van der Waals surface area contributed by atoms with Crippen LogP contribution in [0, 0.1) is 0 Å². The van der Waals surface area contributed by atoms with Crippen LogP contribution in [-0.4, -0.2) is 29.3 Å². The van der Waals surface area contributed by atoms with Crippen molar-refractivity contribution in [3.8, 4) is 5.88 Å². The molecule has 0 radical (unpaired) electrons. The number of ether oxygens (including phenoxy) is 2. The van der Waals surface area contributed by atoms with Crippen molar-refractivity contribution in [2.75, 3.05) is 0 Å². The average Bonchev–Trinajstić information content (AvgIpc) is 3.20. The third-order valence-electron chi connectivity index (χ3n) is 3.94. The largest absolute Gasteiger partial charge is 0.474 e. The van der Waals surface area contributed by atoms with Gasteiger partial charge in [-0.2, -0.15) is 0 Å². The summed E-state index contributed by atoms with van der Waals surface area (Å²) < 4.78 is 11.9. The van der Waals surface area contributed by atoms with E-state index in [4.69, 9.17) is 9.47 Å². The van der Waals surface area contributed by atoms with Gasteiger partial charge in [0.1, 0.15) is 6.10 Å². The standard InChI is InChI=1S/C16H24N2O2/c1-11-8-15(9-12(2)19-11)20-16-13(4-3-7-17-16)10-18-14-5-6-14/h3-4,7,11-12,14-15,18H,5-6,8-10H2,1-2H3. The molecule has 110 valence electrons. The molecule has 4 nitrogen and oxygen atoms in total. The number of rotatable bonds is 5. The molecule has 3 rings (SSSR count). The van der Waals surface area contributed by atoms with E-state index in [0.717, 1.165) is 30.8 Å². The van der Waals surface area contributed by atoms with E-state index in [1.807, 2.05) is 12.3 Å². The molecule has 2 fully saturated rings. The third-order valence-corrected chi connectivity index (χ3v) is 3.94. The molecule has 1 aromatic rings. The predicted molar refractivity (Wildman–Crippen MR) is 77.8 cm³/mol. The first kappa shape index (κ1) is 13.8. The summed E-state index contributed by atoms with van der Waals surface area (Å²) in [6.07, 6.45) is 7.02. The van der Waals surface area contributed by atoms with Gasteiger partial charge in [-0.05, 0) is 32.8 Å². The summed E-state index contributed by atoms with van der Waals surface area (Å²) in [5, 5.41) is 3.52. The molecule has 4 heteroatoms. The van der Waals surface area contributed by atoms with E-state index in [0.29, 0.717) is 6.04 Å². The molecule has 1 N–H and O–H groups in total. The topological polar surface area (TPSA) is 43.4 Å². The van der Waals surface area contributed by atoms with Gasteiger partial charge in [0.2, 0.25) is 5.88 Å². The Kier molecular flexibility index (Phi) is 4.22. The van der Waals surface area contributed by atoms with Gasteiger partial charge >= 0.3 is 0 Å². The molecule has 0 aromatic carbocycles. The number of hydrogen-bond acceptors (Lipinski definition) is 4. The first-order chi connectivity index (χ1) is 9.70. The number of nitrogens with one attached hydrogen (secondary N) is 1. The zero-order valence-corrected chi connectivity index (χ0v) is 12.3. The Labute approximate surface area is 120 Å². The zero-order chi connectivity index (χ0) is 13.9. The minimum atomic E-state index is 0.211. The van der Waals surface area contributed by atoms with Crippen LogP contribution in [-0.2, 0) is 11.3 Å². The second-order valence-electron chi connectivity index (χ2n) is 6.09. The van der Waals surface area contributed by atoms with Crippen LogP contribution in [0.25, 0.3) is 0 Å². The molecule has 1 saturated heterocycles. The number of hydrogen-bond donors (Lipinski definition) is 1. The summed E-state index contributed by atoms with van der Waals surface area (Å²) in [5.74, 6) is 0.784. The number of aromatic nitrogens is 1. The molecule has 0 amide bonds. The van der Waals surface area contributed by atoms with E-state index in [1.165, 1.54) is 12.8 Å². The molecule has 1 saturated carbocycles. The molecular weight excluding hydrogens is 252 g/mol. The Morgan fingerprint density at radius 2 is 2.05 bits per heavy atom. The average molecular weight is 276 g/mol. The fourth-order valence-electron chi connectivity index (χ4n) is 2.80. The Bertz CT molecular complexity index is 438. The van der Waals surface area contributed by atoms with E-state index < -0.39 is 0 Å². The Morgan fingerprint density at radius 3 is 2.75 bits per heavy atom. The first-order valence-corrected chi connectivity index (χ1v) is 7.70. The fourth-order valence-corrected chi connectivity index (χ4v) is 2.80. The van der Waals surface area contributed by atoms with Crippen LogP contribution in [0.5, 0.6) is 5.88 Å². The molecule has 2 unspecified atom stereocenters. The van der Waals surface area contributed by atoms with Crippen LogP contribution in [0.3, 0.4) is 0 Å². The quantitative estimate of drug-likeness (QED) is 0.898. The maximum absolute atomic E-state index is 6.15. The van der Waals surface area contributed by atoms with Gasteiger partial charge in [-0.25, -0.2) is 4.98 Å². The van der Waals surface area contributed by atoms with Crippen molar-refractivity contribution < 1.29 is 9.47 Å². The zero-order valence-electron chi connectivity index (χ0n) is 12.3. The van der Waals surface area contributed by atoms with Gasteiger partial charge in [0.05, 0.1) is 12.2 Å². The number of pyridine rings is 1. The summed E-state index contributed by atoms with van der Waals surface area (Å²) in [6, 6.07) is 4.78. The van der Waals surface area contributed by atoms with Gasteiger partial charge in [0, 0.05) is 37.2 Å². The summed E-state index contributed by atoms with van der Waals surface area (Å²) in [6.45, 7) is 5.07. The van der Waals surface area contributed by atoms with Crippen LogP contribution >= 0.6 is 0 Å². The van der Waals surface area contributed by atoms with Crippen molar-refractivity contribution in [3.05, 3.63) is 23.9 Å². The highest BCUT2D eigenvalue weighted by atomic mass is 16.5. The van der Waals surface area contributed by atoms with Gasteiger partial charge in [-0.1, -0.05) is 6.07 Å². The van der Waals surface area contributed by atoms with Crippen molar-refractivity contribution in [3.63, 3.8) is 0 Å². The van der Waals surface area contributed by atoms with Crippen molar-refractivity contribution >= 4 is 0 Å². The van der Waals surface area contributed by atoms with E-state index in [2.05, 4.69) is 30.2 Å². The lowest BCUT2D eigenvalue weighted by molar-refractivity contribution is -0.0731. The number of nitrogens with zero attached hydrogens (tertiary/aromatic N) is 1. The smallest absolute Gasteiger partial charge is 0.218 e. The first-order valence-electron chi connectivity index (χ1n) is 7.70. The lowest BCUT2D eigenvalue weighted by Gasteiger charge is -2.32. The van der Waals surface area contributed by atoms with Crippen molar-refractivity contribution in [1.82, 2.24) is 10.3 Å². The maximum atomic E-state index is 6.15. The van der Waals surface area contributed by atoms with Crippen molar-refractivity contribution in [1.29, 1.82) is 0 Å². The Morgan fingerprint density at radius 1 is 1.30 bits per heavy atom. The van der Waals surface area contributed by atoms with Gasteiger partial charge in [-0.15, -0.1) is 0 Å². The van der Waals surface area contributed by atoms with Crippen LogP contribution < -0.4 is 10.1 Å². The van der Waals surface area contributed by atoms with Crippen LogP contribution in [0.2, 0.25) is 0 Å².